The monoisotopic (exact) mass is 391 g/mol. The predicted molar refractivity (Wildman–Crippen MR) is 86.6 cm³/mol. The van der Waals surface area contributed by atoms with Crippen molar-refractivity contribution in [1.82, 2.24) is 4.57 Å². The zero-order chi connectivity index (χ0) is 15.6. The van der Waals surface area contributed by atoms with E-state index in [1.807, 2.05) is 48.7 Å². The topological polar surface area (TPSA) is 68.8 Å². The first kappa shape index (κ1) is 15.3. The third-order valence-corrected chi connectivity index (χ3v) is 3.91. The number of carboxylic acids is 1. The maximum atomic E-state index is 10.8. The number of carboxylic acid groups (broad SMARTS) is 1. The molecule has 0 saturated carbocycles. The smallest absolute Gasteiger partial charge is 0.101 e. The minimum atomic E-state index is -1.46. The number of aryl methyl sites for hydroxylation is 1. The second-order valence-corrected chi connectivity index (χ2v) is 5.84. The van der Waals surface area contributed by atoms with Gasteiger partial charge in [-0.15, -0.1) is 0 Å². The van der Waals surface area contributed by atoms with E-state index in [0.717, 1.165) is 20.6 Å². The maximum Gasteiger partial charge on any atom is 0.101 e. The van der Waals surface area contributed by atoms with Gasteiger partial charge >= 0.3 is 0 Å². The number of carbonyl (C=O) groups excluding carboxylic acids is 1. The average molecular weight is 391 g/mol. The van der Waals surface area contributed by atoms with Crippen LogP contribution in [0.2, 0.25) is 0 Å². The number of nitriles is 1. The molecule has 2 aromatic rings. The molecular formula is C16H12IN2O2-. The third-order valence-electron chi connectivity index (χ3n) is 3.20. The SMILES string of the molecule is Cc1cc(/C=C(\C#N)C(=O)[O-])c(C)n1-c1ccc(I)cc1. The molecule has 1 aromatic carbocycles. The van der Waals surface area contributed by atoms with Crippen molar-refractivity contribution >= 4 is 34.6 Å². The second-order valence-electron chi connectivity index (χ2n) is 4.60. The molecule has 21 heavy (non-hydrogen) atoms. The Kier molecular flexibility index (Phi) is 4.48. The minimum Gasteiger partial charge on any atom is -0.544 e. The molecule has 1 heterocycles. The fourth-order valence-electron chi connectivity index (χ4n) is 2.21. The Bertz CT molecular complexity index is 765. The number of nitrogens with zero attached hydrogens (tertiary/aromatic N) is 2. The van der Waals surface area contributed by atoms with Crippen LogP contribution in [0, 0.1) is 28.7 Å². The molecule has 0 spiro atoms. The molecule has 0 radical (unpaired) electrons. The number of halogens is 1. The van der Waals surface area contributed by atoms with Crippen LogP contribution in [0.4, 0.5) is 0 Å². The van der Waals surface area contributed by atoms with E-state index in [4.69, 9.17) is 5.26 Å². The molecule has 0 atom stereocenters. The summed E-state index contributed by atoms with van der Waals surface area (Å²) in [6.07, 6.45) is 1.35. The van der Waals surface area contributed by atoms with E-state index in [-0.39, 0.29) is 5.57 Å². The zero-order valence-corrected chi connectivity index (χ0v) is 13.7. The highest BCUT2D eigenvalue weighted by Crippen LogP contribution is 2.23. The molecule has 0 aliphatic rings. The van der Waals surface area contributed by atoms with Crippen molar-refractivity contribution in [3.8, 4) is 11.8 Å². The lowest BCUT2D eigenvalue weighted by molar-refractivity contribution is -0.298. The summed E-state index contributed by atoms with van der Waals surface area (Å²) in [5, 5.41) is 19.7. The molecular weight excluding hydrogens is 379 g/mol. The molecule has 2 rings (SSSR count). The number of rotatable bonds is 3. The van der Waals surface area contributed by atoms with Gasteiger partial charge < -0.3 is 14.5 Å². The van der Waals surface area contributed by atoms with Crippen molar-refractivity contribution in [2.24, 2.45) is 0 Å². The van der Waals surface area contributed by atoms with Gasteiger partial charge in [-0.3, -0.25) is 0 Å². The van der Waals surface area contributed by atoms with Crippen molar-refractivity contribution in [1.29, 1.82) is 5.26 Å². The first-order valence-electron chi connectivity index (χ1n) is 6.22. The maximum absolute atomic E-state index is 10.8. The lowest BCUT2D eigenvalue weighted by Crippen LogP contribution is -2.23. The molecule has 0 N–H and O–H groups in total. The van der Waals surface area contributed by atoms with Crippen LogP contribution >= 0.6 is 22.6 Å². The second kappa shape index (κ2) is 6.14. The number of carbonyl (C=O) groups is 1. The molecule has 4 nitrogen and oxygen atoms in total. The normalized spacial score (nSPS) is 11.2. The summed E-state index contributed by atoms with van der Waals surface area (Å²) in [7, 11) is 0. The average Bonchev–Trinajstić information content (AvgIpc) is 2.71. The largest absolute Gasteiger partial charge is 0.544 e. The zero-order valence-electron chi connectivity index (χ0n) is 11.6. The number of hydrogen-bond acceptors (Lipinski definition) is 3. The van der Waals surface area contributed by atoms with Gasteiger partial charge in [-0.05, 0) is 78.4 Å². The molecule has 0 amide bonds. The van der Waals surface area contributed by atoms with E-state index >= 15 is 0 Å². The van der Waals surface area contributed by atoms with Crippen molar-refractivity contribution in [2.75, 3.05) is 0 Å². The third kappa shape index (κ3) is 3.16. The van der Waals surface area contributed by atoms with E-state index < -0.39 is 5.97 Å². The summed E-state index contributed by atoms with van der Waals surface area (Å²) in [6, 6.07) is 11.5. The molecule has 106 valence electrons. The van der Waals surface area contributed by atoms with Gasteiger partial charge in [0, 0.05) is 20.6 Å². The number of aliphatic carboxylic acids is 1. The van der Waals surface area contributed by atoms with E-state index in [1.165, 1.54) is 6.08 Å². The van der Waals surface area contributed by atoms with E-state index in [2.05, 4.69) is 22.6 Å². The highest BCUT2D eigenvalue weighted by atomic mass is 127. The molecule has 0 aliphatic heterocycles. The van der Waals surface area contributed by atoms with E-state index in [1.54, 1.807) is 6.07 Å². The van der Waals surface area contributed by atoms with Gasteiger partial charge in [0.1, 0.15) is 6.07 Å². The van der Waals surface area contributed by atoms with Crippen LogP contribution in [0.1, 0.15) is 17.0 Å². The lowest BCUT2D eigenvalue weighted by Gasteiger charge is -2.09. The number of benzene rings is 1. The lowest BCUT2D eigenvalue weighted by atomic mass is 10.1. The molecule has 0 bridgehead atoms. The molecule has 0 unspecified atom stereocenters. The van der Waals surface area contributed by atoms with Crippen LogP contribution in [-0.2, 0) is 4.79 Å². The van der Waals surface area contributed by atoms with Gasteiger partial charge in [-0.1, -0.05) is 0 Å². The Labute approximate surface area is 136 Å². The minimum absolute atomic E-state index is 0.377. The van der Waals surface area contributed by atoms with Crippen molar-refractivity contribution in [2.45, 2.75) is 13.8 Å². The molecule has 0 aliphatic carbocycles. The van der Waals surface area contributed by atoms with E-state index in [9.17, 15) is 9.90 Å². The first-order valence-corrected chi connectivity index (χ1v) is 7.30. The fourth-order valence-corrected chi connectivity index (χ4v) is 2.57. The summed E-state index contributed by atoms with van der Waals surface area (Å²) >= 11 is 2.24. The van der Waals surface area contributed by atoms with Crippen LogP contribution in [0.25, 0.3) is 11.8 Å². The Morgan fingerprint density at radius 2 is 1.95 bits per heavy atom. The molecule has 1 aromatic heterocycles. The predicted octanol–water partition coefficient (Wildman–Crippen LogP) is 2.36. The van der Waals surface area contributed by atoms with Crippen LogP contribution < -0.4 is 5.11 Å². The van der Waals surface area contributed by atoms with Crippen LogP contribution in [0.3, 0.4) is 0 Å². The fraction of sp³-hybridized carbons (Fsp3) is 0.125. The Morgan fingerprint density at radius 3 is 2.48 bits per heavy atom. The van der Waals surface area contributed by atoms with Crippen molar-refractivity contribution in [3.05, 3.63) is 56.4 Å². The summed E-state index contributed by atoms with van der Waals surface area (Å²) in [5.41, 5.74) is 3.17. The Balaban J connectivity index is 2.55. The van der Waals surface area contributed by atoms with Gasteiger partial charge in [0.25, 0.3) is 0 Å². The van der Waals surface area contributed by atoms with Gasteiger partial charge in [-0.25, -0.2) is 0 Å². The Morgan fingerprint density at radius 1 is 1.33 bits per heavy atom. The number of hydrogen-bond donors (Lipinski definition) is 0. The van der Waals surface area contributed by atoms with Gasteiger partial charge in [0.2, 0.25) is 0 Å². The summed E-state index contributed by atoms with van der Waals surface area (Å²) < 4.78 is 3.16. The van der Waals surface area contributed by atoms with Crippen molar-refractivity contribution in [3.63, 3.8) is 0 Å². The van der Waals surface area contributed by atoms with Crippen LogP contribution in [-0.4, -0.2) is 10.5 Å². The standard InChI is InChI=1S/C16H13IN2O2/c1-10-7-12(8-13(9-18)16(20)21)11(2)19(10)15-5-3-14(17)4-6-15/h3-8H,1-2H3,(H,20,21)/p-1/b13-8+. The van der Waals surface area contributed by atoms with Gasteiger partial charge in [-0.2, -0.15) is 5.26 Å². The molecule has 0 fully saturated rings. The summed E-state index contributed by atoms with van der Waals surface area (Å²) in [5.74, 6) is -1.46. The summed E-state index contributed by atoms with van der Waals surface area (Å²) in [6.45, 7) is 3.83. The Hall–Kier alpha value is -2.07. The first-order chi connectivity index (χ1) is 9.93. The summed E-state index contributed by atoms with van der Waals surface area (Å²) in [4.78, 5) is 10.8. The molecule has 5 heteroatoms. The quantitative estimate of drug-likeness (QED) is 0.458. The van der Waals surface area contributed by atoms with Gasteiger partial charge in [0.15, 0.2) is 0 Å². The van der Waals surface area contributed by atoms with Crippen LogP contribution in [0.5, 0.6) is 0 Å². The highest BCUT2D eigenvalue weighted by Gasteiger charge is 2.10. The van der Waals surface area contributed by atoms with E-state index in [0.29, 0.717) is 5.56 Å². The number of aromatic nitrogens is 1. The highest BCUT2D eigenvalue weighted by molar-refractivity contribution is 14.1. The molecule has 0 saturated heterocycles. The van der Waals surface area contributed by atoms with Gasteiger partial charge in [0.05, 0.1) is 11.5 Å². The van der Waals surface area contributed by atoms with Crippen LogP contribution in [0.15, 0.2) is 35.9 Å². The van der Waals surface area contributed by atoms with Crippen molar-refractivity contribution < 1.29 is 9.90 Å².